The van der Waals surface area contributed by atoms with Gasteiger partial charge in [-0.3, -0.25) is 0 Å². The molecule has 0 saturated heterocycles. The molecule has 1 heterocycles. The molecule has 2 aromatic carbocycles. The van der Waals surface area contributed by atoms with Crippen molar-refractivity contribution in [3.05, 3.63) is 65.2 Å². The summed E-state index contributed by atoms with van der Waals surface area (Å²) < 4.78 is 11.4. The van der Waals surface area contributed by atoms with Crippen LogP contribution in [0.25, 0.3) is 0 Å². The van der Waals surface area contributed by atoms with Crippen LogP contribution in [-0.4, -0.2) is 16.7 Å². The number of para-hydroxylation sites is 1. The van der Waals surface area contributed by atoms with E-state index < -0.39 is 11.6 Å². The molecule has 4 rings (SSSR count). The maximum absolute atomic E-state index is 11.8. The molecule has 112 valence electrons. The maximum atomic E-state index is 11.8. The Morgan fingerprint density at radius 2 is 1.95 bits per heavy atom. The predicted molar refractivity (Wildman–Crippen MR) is 79.7 cm³/mol. The standard InChI is InChI=1S/C18H16O4/c19-17(20)18(22-13-6-2-1-3-7-13)9-16(18)14-8-4-5-12-10-21-11-15(12)14/h1-8,16H,9-11H2,(H,19,20). The smallest absolute Gasteiger partial charge is 0.348 e. The SMILES string of the molecule is O=C(O)C1(Oc2ccccc2)CC1c1cccc2c1COC2. The Balaban J connectivity index is 1.67. The molecule has 2 atom stereocenters. The Kier molecular flexibility index (Phi) is 2.94. The summed E-state index contributed by atoms with van der Waals surface area (Å²) in [5, 5.41) is 9.69. The number of carboxylic acid groups (broad SMARTS) is 1. The van der Waals surface area contributed by atoms with Crippen molar-refractivity contribution < 1.29 is 19.4 Å². The first-order valence-corrected chi connectivity index (χ1v) is 7.36. The van der Waals surface area contributed by atoms with Crippen molar-refractivity contribution in [2.45, 2.75) is 31.2 Å². The second-order valence-corrected chi connectivity index (χ2v) is 5.84. The van der Waals surface area contributed by atoms with Crippen LogP contribution in [0.3, 0.4) is 0 Å². The largest absolute Gasteiger partial charge is 0.478 e. The van der Waals surface area contributed by atoms with Gasteiger partial charge < -0.3 is 14.6 Å². The number of fused-ring (bicyclic) bond motifs is 1. The molecular formula is C18H16O4. The molecule has 0 spiro atoms. The van der Waals surface area contributed by atoms with Crippen LogP contribution in [0.2, 0.25) is 0 Å². The first kappa shape index (κ1) is 13.3. The fourth-order valence-electron chi connectivity index (χ4n) is 3.25. The quantitative estimate of drug-likeness (QED) is 0.942. The fourth-order valence-corrected chi connectivity index (χ4v) is 3.25. The molecule has 1 saturated carbocycles. The third-order valence-electron chi connectivity index (χ3n) is 4.50. The lowest BCUT2D eigenvalue weighted by Gasteiger charge is -2.17. The molecule has 2 aromatic rings. The molecule has 22 heavy (non-hydrogen) atoms. The predicted octanol–water partition coefficient (Wildman–Crippen LogP) is 3.11. The molecule has 0 amide bonds. The Labute approximate surface area is 128 Å². The second kappa shape index (κ2) is 4.85. The summed E-state index contributed by atoms with van der Waals surface area (Å²) in [7, 11) is 0. The van der Waals surface area contributed by atoms with E-state index in [9.17, 15) is 9.90 Å². The number of carboxylic acids is 1. The summed E-state index contributed by atoms with van der Waals surface area (Å²) in [5.41, 5.74) is 2.18. The summed E-state index contributed by atoms with van der Waals surface area (Å²) in [4.78, 5) is 11.8. The van der Waals surface area contributed by atoms with Crippen LogP contribution in [0.15, 0.2) is 48.5 Å². The third kappa shape index (κ3) is 1.99. The van der Waals surface area contributed by atoms with Crippen molar-refractivity contribution in [3.63, 3.8) is 0 Å². The van der Waals surface area contributed by atoms with Crippen molar-refractivity contribution in [2.24, 2.45) is 0 Å². The van der Waals surface area contributed by atoms with Crippen LogP contribution in [0.4, 0.5) is 0 Å². The van der Waals surface area contributed by atoms with Crippen molar-refractivity contribution >= 4 is 5.97 Å². The van der Waals surface area contributed by atoms with Gasteiger partial charge in [0, 0.05) is 12.3 Å². The van der Waals surface area contributed by atoms with Crippen molar-refractivity contribution in [2.75, 3.05) is 0 Å². The van der Waals surface area contributed by atoms with E-state index in [1.54, 1.807) is 12.1 Å². The molecule has 0 bridgehead atoms. The van der Waals surface area contributed by atoms with Crippen molar-refractivity contribution in [3.8, 4) is 5.75 Å². The van der Waals surface area contributed by atoms with Gasteiger partial charge in [-0.15, -0.1) is 0 Å². The van der Waals surface area contributed by atoms with E-state index in [1.165, 1.54) is 0 Å². The summed E-state index contributed by atoms with van der Waals surface area (Å²) in [6.45, 7) is 1.17. The third-order valence-corrected chi connectivity index (χ3v) is 4.50. The number of rotatable bonds is 4. The molecule has 0 radical (unpaired) electrons. The van der Waals surface area contributed by atoms with Gasteiger partial charge in [0.2, 0.25) is 5.60 Å². The molecule has 4 heteroatoms. The van der Waals surface area contributed by atoms with Gasteiger partial charge in [0.15, 0.2) is 0 Å². The summed E-state index contributed by atoms with van der Waals surface area (Å²) in [6.07, 6.45) is 0.494. The lowest BCUT2D eigenvalue weighted by Crippen LogP contribution is -2.31. The normalized spacial score (nSPS) is 25.5. The average Bonchev–Trinajstić information content (AvgIpc) is 3.05. The van der Waals surface area contributed by atoms with Crippen LogP contribution in [0, 0.1) is 0 Å². The van der Waals surface area contributed by atoms with E-state index in [-0.39, 0.29) is 5.92 Å². The minimum Gasteiger partial charge on any atom is -0.478 e. The zero-order chi connectivity index (χ0) is 15.2. The molecule has 1 aliphatic carbocycles. The summed E-state index contributed by atoms with van der Waals surface area (Å²) >= 11 is 0. The van der Waals surface area contributed by atoms with E-state index in [4.69, 9.17) is 9.47 Å². The first-order valence-electron chi connectivity index (χ1n) is 7.36. The molecule has 4 nitrogen and oxygen atoms in total. The Bertz CT molecular complexity index is 725. The molecule has 1 N–H and O–H groups in total. The van der Waals surface area contributed by atoms with Crippen LogP contribution < -0.4 is 4.74 Å². The van der Waals surface area contributed by atoms with Crippen LogP contribution in [0.1, 0.15) is 29.0 Å². The highest BCUT2D eigenvalue weighted by atomic mass is 16.5. The van der Waals surface area contributed by atoms with Gasteiger partial charge >= 0.3 is 5.97 Å². The number of aliphatic carboxylic acids is 1. The molecule has 0 aromatic heterocycles. The summed E-state index contributed by atoms with van der Waals surface area (Å²) in [6, 6.07) is 15.2. The van der Waals surface area contributed by atoms with Gasteiger partial charge in [0.25, 0.3) is 0 Å². The number of hydrogen-bond donors (Lipinski definition) is 1. The Hall–Kier alpha value is -2.33. The number of ether oxygens (including phenoxy) is 2. The zero-order valence-corrected chi connectivity index (χ0v) is 12.0. The Morgan fingerprint density at radius 1 is 1.14 bits per heavy atom. The van der Waals surface area contributed by atoms with E-state index in [1.807, 2.05) is 36.4 Å². The highest BCUT2D eigenvalue weighted by Crippen LogP contribution is 2.55. The van der Waals surface area contributed by atoms with Gasteiger partial charge in [-0.25, -0.2) is 4.79 Å². The molecule has 2 unspecified atom stereocenters. The Morgan fingerprint density at radius 3 is 2.73 bits per heavy atom. The highest BCUT2D eigenvalue weighted by Gasteiger charge is 2.65. The number of hydrogen-bond acceptors (Lipinski definition) is 3. The molecule has 1 aliphatic heterocycles. The van der Waals surface area contributed by atoms with Gasteiger partial charge in [-0.1, -0.05) is 36.4 Å². The second-order valence-electron chi connectivity index (χ2n) is 5.84. The van der Waals surface area contributed by atoms with Gasteiger partial charge in [0.1, 0.15) is 5.75 Å². The van der Waals surface area contributed by atoms with Gasteiger partial charge in [-0.05, 0) is 28.8 Å². The monoisotopic (exact) mass is 296 g/mol. The minimum atomic E-state index is -1.15. The lowest BCUT2D eigenvalue weighted by atomic mass is 9.98. The van der Waals surface area contributed by atoms with Crippen molar-refractivity contribution in [1.82, 2.24) is 0 Å². The van der Waals surface area contributed by atoms with Crippen LogP contribution in [0.5, 0.6) is 5.75 Å². The maximum Gasteiger partial charge on any atom is 0.348 e. The summed E-state index contributed by atoms with van der Waals surface area (Å²) in [5.74, 6) is -0.434. The molecule has 2 aliphatic rings. The topological polar surface area (TPSA) is 55.8 Å². The van der Waals surface area contributed by atoms with E-state index in [0.29, 0.717) is 25.4 Å². The van der Waals surface area contributed by atoms with E-state index in [2.05, 4.69) is 0 Å². The van der Waals surface area contributed by atoms with Crippen LogP contribution >= 0.6 is 0 Å². The van der Waals surface area contributed by atoms with Crippen LogP contribution in [-0.2, 0) is 22.7 Å². The molecule has 1 fully saturated rings. The van der Waals surface area contributed by atoms with E-state index >= 15 is 0 Å². The average molecular weight is 296 g/mol. The lowest BCUT2D eigenvalue weighted by molar-refractivity contribution is -0.147. The zero-order valence-electron chi connectivity index (χ0n) is 12.0. The van der Waals surface area contributed by atoms with Gasteiger partial charge in [-0.2, -0.15) is 0 Å². The fraction of sp³-hybridized carbons (Fsp3) is 0.278. The highest BCUT2D eigenvalue weighted by molar-refractivity contribution is 5.84. The van der Waals surface area contributed by atoms with Crippen molar-refractivity contribution in [1.29, 1.82) is 0 Å². The van der Waals surface area contributed by atoms with Gasteiger partial charge in [0.05, 0.1) is 13.2 Å². The first-order chi connectivity index (χ1) is 10.7. The number of benzene rings is 2. The number of carbonyl (C=O) groups is 1. The minimum absolute atomic E-state index is 0.123. The van der Waals surface area contributed by atoms with E-state index in [0.717, 1.165) is 16.7 Å². The molecular weight excluding hydrogens is 280 g/mol.